The normalized spacial score (nSPS) is 23.7. The lowest BCUT2D eigenvalue weighted by atomic mass is 9.97. The number of amides is 1. The van der Waals surface area contributed by atoms with Crippen LogP contribution in [0.25, 0.3) is 0 Å². The van der Waals surface area contributed by atoms with Gasteiger partial charge in [0.1, 0.15) is 5.60 Å². The van der Waals surface area contributed by atoms with Gasteiger partial charge >= 0.3 is 6.09 Å². The molecule has 4 nitrogen and oxygen atoms in total. The quantitative estimate of drug-likeness (QED) is 0.777. The Balaban J connectivity index is 2.00. The number of rotatable bonds is 3. The molecular formula is C17H27BrN2O2S. The van der Waals surface area contributed by atoms with Crippen LogP contribution in [0.1, 0.15) is 58.4 Å². The number of ether oxygens (including phenoxy) is 1. The van der Waals surface area contributed by atoms with Gasteiger partial charge in [0.05, 0.1) is 0 Å². The third-order valence-electron chi connectivity index (χ3n) is 4.12. The fourth-order valence-corrected chi connectivity index (χ4v) is 4.69. The molecular weight excluding hydrogens is 376 g/mol. The summed E-state index contributed by atoms with van der Waals surface area (Å²) in [5.74, 6) is 0. The SMILES string of the molecule is CC(NC1CCCN(C(=O)OC(C)(C)C)C1C)c1sccc1Br. The third-order valence-corrected chi connectivity index (χ3v) is 6.17. The van der Waals surface area contributed by atoms with Crippen LogP contribution >= 0.6 is 27.3 Å². The molecule has 0 radical (unpaired) electrons. The molecule has 3 atom stereocenters. The lowest BCUT2D eigenvalue weighted by molar-refractivity contribution is 0.00645. The van der Waals surface area contributed by atoms with Crippen molar-refractivity contribution in [3.63, 3.8) is 0 Å². The van der Waals surface area contributed by atoms with Gasteiger partial charge in [0.2, 0.25) is 0 Å². The van der Waals surface area contributed by atoms with Gasteiger partial charge in [-0.2, -0.15) is 0 Å². The van der Waals surface area contributed by atoms with Gasteiger partial charge in [-0.1, -0.05) is 0 Å². The van der Waals surface area contributed by atoms with E-state index in [1.807, 2.05) is 25.7 Å². The van der Waals surface area contributed by atoms with Crippen LogP contribution in [0.3, 0.4) is 0 Å². The minimum atomic E-state index is -0.452. The zero-order chi connectivity index (χ0) is 17.2. The van der Waals surface area contributed by atoms with Crippen LogP contribution in [-0.2, 0) is 4.74 Å². The summed E-state index contributed by atoms with van der Waals surface area (Å²) < 4.78 is 6.69. The summed E-state index contributed by atoms with van der Waals surface area (Å²) in [6, 6.07) is 2.74. The van der Waals surface area contributed by atoms with E-state index in [1.165, 1.54) is 4.88 Å². The van der Waals surface area contributed by atoms with Crippen LogP contribution in [0.5, 0.6) is 0 Å². The lowest BCUT2D eigenvalue weighted by Crippen LogP contribution is -2.55. The minimum Gasteiger partial charge on any atom is -0.444 e. The summed E-state index contributed by atoms with van der Waals surface area (Å²) in [5, 5.41) is 5.78. The molecule has 0 saturated carbocycles. The zero-order valence-electron chi connectivity index (χ0n) is 14.6. The predicted molar refractivity (Wildman–Crippen MR) is 99.0 cm³/mol. The molecule has 0 spiro atoms. The second-order valence-electron chi connectivity index (χ2n) is 7.18. The molecule has 1 aromatic heterocycles. The number of hydrogen-bond donors (Lipinski definition) is 1. The third kappa shape index (κ3) is 4.94. The molecule has 2 heterocycles. The van der Waals surface area contributed by atoms with Crippen molar-refractivity contribution in [3.8, 4) is 0 Å². The van der Waals surface area contributed by atoms with Crippen LogP contribution in [-0.4, -0.2) is 35.2 Å². The molecule has 1 fully saturated rings. The first-order chi connectivity index (χ1) is 10.7. The highest BCUT2D eigenvalue weighted by atomic mass is 79.9. The van der Waals surface area contributed by atoms with E-state index >= 15 is 0 Å². The Hall–Kier alpha value is -0.590. The summed E-state index contributed by atoms with van der Waals surface area (Å²) in [6.07, 6.45) is 1.87. The van der Waals surface area contributed by atoms with Crippen molar-refractivity contribution in [2.45, 2.75) is 71.2 Å². The Kier molecular flexibility index (Phi) is 6.14. The van der Waals surface area contributed by atoms with E-state index in [2.05, 4.69) is 46.5 Å². The molecule has 23 heavy (non-hydrogen) atoms. The maximum Gasteiger partial charge on any atom is 0.410 e. The molecule has 1 amide bonds. The molecule has 3 unspecified atom stereocenters. The summed E-state index contributed by atoms with van der Waals surface area (Å²) in [5.41, 5.74) is -0.452. The van der Waals surface area contributed by atoms with Crippen molar-refractivity contribution in [2.24, 2.45) is 0 Å². The van der Waals surface area contributed by atoms with E-state index in [1.54, 1.807) is 11.3 Å². The highest BCUT2D eigenvalue weighted by Gasteiger charge is 2.34. The van der Waals surface area contributed by atoms with Gasteiger partial charge in [0, 0.05) is 34.0 Å². The number of likely N-dealkylation sites (tertiary alicyclic amines) is 1. The predicted octanol–water partition coefficient (Wildman–Crippen LogP) is 4.95. The van der Waals surface area contributed by atoms with E-state index in [4.69, 9.17) is 4.74 Å². The summed E-state index contributed by atoms with van der Waals surface area (Å²) in [6.45, 7) is 10.8. The molecule has 1 saturated heterocycles. The van der Waals surface area contributed by atoms with Crippen molar-refractivity contribution < 1.29 is 9.53 Å². The fraction of sp³-hybridized carbons (Fsp3) is 0.706. The number of carbonyl (C=O) groups is 1. The van der Waals surface area contributed by atoms with Crippen LogP contribution in [0.2, 0.25) is 0 Å². The smallest absolute Gasteiger partial charge is 0.410 e. The summed E-state index contributed by atoms with van der Waals surface area (Å²) in [7, 11) is 0. The Labute approximate surface area is 151 Å². The van der Waals surface area contributed by atoms with Gasteiger partial charge in [0.15, 0.2) is 0 Å². The molecule has 1 aliphatic heterocycles. The van der Waals surface area contributed by atoms with E-state index in [9.17, 15) is 4.79 Å². The maximum absolute atomic E-state index is 12.4. The van der Waals surface area contributed by atoms with Gasteiger partial charge in [-0.15, -0.1) is 11.3 Å². The number of hydrogen-bond acceptors (Lipinski definition) is 4. The van der Waals surface area contributed by atoms with Crippen molar-refractivity contribution in [3.05, 3.63) is 20.8 Å². The molecule has 2 rings (SSSR count). The Bertz CT molecular complexity index is 541. The van der Waals surface area contributed by atoms with Crippen molar-refractivity contribution >= 4 is 33.4 Å². The minimum absolute atomic E-state index is 0.125. The number of halogens is 1. The number of nitrogens with zero attached hydrogens (tertiary/aromatic N) is 1. The second-order valence-corrected chi connectivity index (χ2v) is 8.99. The maximum atomic E-state index is 12.4. The highest BCUT2D eigenvalue weighted by Crippen LogP contribution is 2.30. The lowest BCUT2D eigenvalue weighted by Gasteiger charge is -2.41. The Morgan fingerprint density at radius 2 is 2.22 bits per heavy atom. The van der Waals surface area contributed by atoms with Crippen molar-refractivity contribution in [1.29, 1.82) is 0 Å². The highest BCUT2D eigenvalue weighted by molar-refractivity contribution is 9.10. The van der Waals surface area contributed by atoms with Gasteiger partial charge in [-0.3, -0.25) is 0 Å². The molecule has 0 aromatic carbocycles. The first-order valence-electron chi connectivity index (χ1n) is 8.17. The Morgan fingerprint density at radius 3 is 2.78 bits per heavy atom. The second kappa shape index (κ2) is 7.53. The van der Waals surface area contributed by atoms with E-state index in [0.29, 0.717) is 0 Å². The van der Waals surface area contributed by atoms with Gasteiger partial charge in [-0.05, 0) is 74.8 Å². The van der Waals surface area contributed by atoms with E-state index in [-0.39, 0.29) is 24.2 Å². The first kappa shape index (κ1) is 18.7. The monoisotopic (exact) mass is 402 g/mol. The molecule has 1 aromatic rings. The van der Waals surface area contributed by atoms with Gasteiger partial charge < -0.3 is 15.0 Å². The molecule has 1 aliphatic rings. The number of carbonyl (C=O) groups excluding carboxylic acids is 1. The largest absolute Gasteiger partial charge is 0.444 e. The van der Waals surface area contributed by atoms with Gasteiger partial charge in [-0.25, -0.2) is 4.79 Å². The van der Waals surface area contributed by atoms with Crippen molar-refractivity contribution in [2.75, 3.05) is 6.54 Å². The van der Waals surface area contributed by atoms with Crippen LogP contribution < -0.4 is 5.32 Å². The number of thiophene rings is 1. The topological polar surface area (TPSA) is 41.6 Å². The first-order valence-corrected chi connectivity index (χ1v) is 9.85. The zero-order valence-corrected chi connectivity index (χ0v) is 17.0. The fourth-order valence-electron chi connectivity index (χ4n) is 2.96. The van der Waals surface area contributed by atoms with E-state index < -0.39 is 5.60 Å². The molecule has 1 N–H and O–H groups in total. The number of piperidine rings is 1. The van der Waals surface area contributed by atoms with Crippen LogP contribution in [0.4, 0.5) is 4.79 Å². The van der Waals surface area contributed by atoms with E-state index in [0.717, 1.165) is 23.9 Å². The average Bonchev–Trinajstić information content (AvgIpc) is 2.85. The van der Waals surface area contributed by atoms with Gasteiger partial charge in [0.25, 0.3) is 0 Å². The van der Waals surface area contributed by atoms with Crippen LogP contribution in [0, 0.1) is 0 Å². The van der Waals surface area contributed by atoms with Crippen LogP contribution in [0.15, 0.2) is 15.9 Å². The average molecular weight is 403 g/mol. The summed E-state index contributed by atoms with van der Waals surface area (Å²) >= 11 is 5.35. The molecule has 6 heteroatoms. The number of nitrogens with one attached hydrogen (secondary N) is 1. The Morgan fingerprint density at radius 1 is 1.52 bits per heavy atom. The molecule has 130 valence electrons. The standard InChI is InChI=1S/C17H27BrN2O2S/c1-11(15-13(18)8-10-23-15)19-14-7-6-9-20(12(14)2)16(21)22-17(3,4)5/h8,10-12,14,19H,6-7,9H2,1-5H3. The molecule has 0 bridgehead atoms. The molecule has 0 aliphatic carbocycles. The van der Waals surface area contributed by atoms with Crippen molar-refractivity contribution in [1.82, 2.24) is 10.2 Å². The summed E-state index contributed by atoms with van der Waals surface area (Å²) in [4.78, 5) is 15.6.